The van der Waals surface area contributed by atoms with Crippen LogP contribution in [0.5, 0.6) is 0 Å². The first-order valence-electron chi connectivity index (χ1n) is 7.19. The molecule has 0 N–H and O–H groups in total. The van der Waals surface area contributed by atoms with E-state index < -0.39 is 0 Å². The summed E-state index contributed by atoms with van der Waals surface area (Å²) >= 11 is 0. The van der Waals surface area contributed by atoms with E-state index in [1.165, 1.54) is 12.8 Å². The highest BCUT2D eigenvalue weighted by Crippen LogP contribution is 2.37. The van der Waals surface area contributed by atoms with Crippen LogP contribution in [0.25, 0.3) is 0 Å². The molecule has 0 bridgehead atoms. The van der Waals surface area contributed by atoms with E-state index in [2.05, 4.69) is 51.3 Å². The Morgan fingerprint density at radius 2 is 1.72 bits per heavy atom. The maximum absolute atomic E-state index is 12.8. The number of piperazine rings is 1. The molecule has 1 amide bonds. The van der Waals surface area contributed by atoms with Gasteiger partial charge in [0.25, 0.3) is 0 Å². The normalized spacial score (nSPS) is 30.8. The van der Waals surface area contributed by atoms with Gasteiger partial charge in [-0.25, -0.2) is 0 Å². The van der Waals surface area contributed by atoms with Crippen molar-refractivity contribution in [2.45, 2.75) is 72.0 Å². The van der Waals surface area contributed by atoms with Crippen molar-refractivity contribution in [2.24, 2.45) is 5.41 Å². The SMILES string of the molecule is CC(C)(C)C1C(=O)N2CCCC2CN1C(C)(C)C. The first-order valence-corrected chi connectivity index (χ1v) is 7.19. The Morgan fingerprint density at radius 3 is 2.22 bits per heavy atom. The Labute approximate surface area is 112 Å². The Hall–Kier alpha value is -0.570. The van der Waals surface area contributed by atoms with Gasteiger partial charge in [0.15, 0.2) is 0 Å². The first kappa shape index (κ1) is 13.9. The van der Waals surface area contributed by atoms with Crippen molar-refractivity contribution in [3.8, 4) is 0 Å². The fraction of sp³-hybridized carbons (Fsp3) is 0.933. The number of rotatable bonds is 0. The molecule has 0 aromatic carbocycles. The molecular formula is C15H28N2O. The average molecular weight is 252 g/mol. The van der Waals surface area contributed by atoms with Gasteiger partial charge in [-0.2, -0.15) is 0 Å². The lowest BCUT2D eigenvalue weighted by atomic mass is 9.80. The molecule has 2 unspecified atom stereocenters. The van der Waals surface area contributed by atoms with Gasteiger partial charge in [-0.15, -0.1) is 0 Å². The summed E-state index contributed by atoms with van der Waals surface area (Å²) in [6.07, 6.45) is 2.35. The molecule has 0 radical (unpaired) electrons. The van der Waals surface area contributed by atoms with Crippen LogP contribution < -0.4 is 0 Å². The van der Waals surface area contributed by atoms with Crippen molar-refractivity contribution < 1.29 is 4.79 Å². The van der Waals surface area contributed by atoms with Gasteiger partial charge in [0.1, 0.15) is 0 Å². The van der Waals surface area contributed by atoms with E-state index in [0.29, 0.717) is 11.9 Å². The fourth-order valence-corrected chi connectivity index (χ4v) is 3.44. The van der Waals surface area contributed by atoms with Crippen LogP contribution in [0.2, 0.25) is 0 Å². The van der Waals surface area contributed by atoms with Crippen LogP contribution in [-0.2, 0) is 4.79 Å². The van der Waals surface area contributed by atoms with Gasteiger partial charge in [-0.05, 0) is 39.0 Å². The third kappa shape index (κ3) is 2.29. The maximum atomic E-state index is 12.8. The minimum absolute atomic E-state index is 0.00206. The van der Waals surface area contributed by atoms with E-state index in [9.17, 15) is 4.79 Å². The molecule has 0 aromatic rings. The molecule has 0 aromatic heterocycles. The van der Waals surface area contributed by atoms with Crippen molar-refractivity contribution in [3.63, 3.8) is 0 Å². The average Bonchev–Trinajstić information content (AvgIpc) is 2.61. The van der Waals surface area contributed by atoms with E-state index in [-0.39, 0.29) is 17.0 Å². The zero-order valence-corrected chi connectivity index (χ0v) is 12.8. The summed E-state index contributed by atoms with van der Waals surface area (Å²) in [5.41, 5.74) is 0.0558. The molecule has 0 spiro atoms. The van der Waals surface area contributed by atoms with Crippen molar-refractivity contribution in [1.29, 1.82) is 0 Å². The number of hydrogen-bond acceptors (Lipinski definition) is 2. The molecule has 0 aliphatic carbocycles. The second kappa shape index (κ2) is 4.22. The van der Waals surface area contributed by atoms with Crippen molar-refractivity contribution >= 4 is 5.91 Å². The summed E-state index contributed by atoms with van der Waals surface area (Å²) in [5.74, 6) is 0.353. The largest absolute Gasteiger partial charge is 0.337 e. The van der Waals surface area contributed by atoms with Crippen LogP contribution in [0.3, 0.4) is 0 Å². The van der Waals surface area contributed by atoms with Gasteiger partial charge in [0, 0.05) is 24.7 Å². The number of nitrogens with zero attached hydrogens (tertiary/aromatic N) is 2. The standard InChI is InChI=1S/C15H28N2O/c1-14(2,3)12-13(18)16-9-7-8-11(16)10-17(12)15(4,5)6/h11-12H,7-10H2,1-6H3. The second-order valence-electron chi connectivity index (χ2n) is 7.92. The predicted octanol–water partition coefficient (Wildman–Crippen LogP) is 2.51. The summed E-state index contributed by atoms with van der Waals surface area (Å²) in [6.45, 7) is 15.2. The highest BCUT2D eigenvalue weighted by Gasteiger charge is 2.49. The second-order valence-corrected chi connectivity index (χ2v) is 7.92. The van der Waals surface area contributed by atoms with E-state index in [0.717, 1.165) is 13.1 Å². The number of amides is 1. The monoisotopic (exact) mass is 252 g/mol. The summed E-state index contributed by atoms with van der Waals surface area (Å²) in [7, 11) is 0. The van der Waals surface area contributed by atoms with E-state index in [4.69, 9.17) is 0 Å². The highest BCUT2D eigenvalue weighted by atomic mass is 16.2. The van der Waals surface area contributed by atoms with Gasteiger partial charge < -0.3 is 4.90 Å². The van der Waals surface area contributed by atoms with E-state index in [1.54, 1.807) is 0 Å². The van der Waals surface area contributed by atoms with Crippen LogP contribution in [0.15, 0.2) is 0 Å². The predicted molar refractivity (Wildman–Crippen MR) is 74.4 cm³/mol. The fourth-order valence-electron chi connectivity index (χ4n) is 3.44. The van der Waals surface area contributed by atoms with Crippen LogP contribution in [-0.4, -0.2) is 46.4 Å². The third-order valence-corrected chi connectivity index (χ3v) is 4.30. The Kier molecular flexibility index (Phi) is 3.25. The maximum Gasteiger partial charge on any atom is 0.240 e. The van der Waals surface area contributed by atoms with Crippen molar-refractivity contribution in [2.75, 3.05) is 13.1 Å². The molecule has 2 saturated heterocycles. The lowest BCUT2D eigenvalue weighted by Gasteiger charge is -2.53. The van der Waals surface area contributed by atoms with Gasteiger partial charge in [0.2, 0.25) is 5.91 Å². The number of fused-ring (bicyclic) bond motifs is 1. The topological polar surface area (TPSA) is 23.6 Å². The van der Waals surface area contributed by atoms with Crippen molar-refractivity contribution in [1.82, 2.24) is 9.80 Å². The summed E-state index contributed by atoms with van der Waals surface area (Å²) in [4.78, 5) is 17.4. The van der Waals surface area contributed by atoms with Crippen LogP contribution >= 0.6 is 0 Å². The van der Waals surface area contributed by atoms with Gasteiger partial charge in [0.05, 0.1) is 6.04 Å². The van der Waals surface area contributed by atoms with Gasteiger partial charge >= 0.3 is 0 Å². The van der Waals surface area contributed by atoms with Gasteiger partial charge in [-0.3, -0.25) is 9.69 Å². The quantitative estimate of drug-likeness (QED) is 0.661. The molecule has 2 atom stereocenters. The molecule has 2 aliphatic rings. The molecule has 104 valence electrons. The minimum atomic E-state index is -0.00206. The lowest BCUT2D eigenvalue weighted by Crippen LogP contribution is -2.67. The molecular weight excluding hydrogens is 224 g/mol. The lowest BCUT2D eigenvalue weighted by molar-refractivity contribution is -0.154. The van der Waals surface area contributed by atoms with Crippen molar-refractivity contribution in [3.05, 3.63) is 0 Å². The highest BCUT2D eigenvalue weighted by molar-refractivity contribution is 5.84. The first-order chi connectivity index (χ1) is 8.12. The third-order valence-electron chi connectivity index (χ3n) is 4.30. The number of hydrogen-bond donors (Lipinski definition) is 0. The molecule has 2 fully saturated rings. The molecule has 2 rings (SSSR count). The zero-order valence-electron chi connectivity index (χ0n) is 12.8. The number of carbonyl (C=O) groups excluding carboxylic acids is 1. The van der Waals surface area contributed by atoms with E-state index in [1.807, 2.05) is 0 Å². The summed E-state index contributed by atoms with van der Waals surface area (Å²) in [6, 6.07) is 0.474. The molecule has 2 aliphatic heterocycles. The summed E-state index contributed by atoms with van der Waals surface area (Å²) in [5, 5.41) is 0. The zero-order chi connectivity index (χ0) is 13.7. The Bertz CT molecular complexity index is 337. The molecule has 3 heteroatoms. The Morgan fingerprint density at radius 1 is 1.11 bits per heavy atom. The van der Waals surface area contributed by atoms with Crippen LogP contribution in [0.4, 0.5) is 0 Å². The Balaban J connectivity index is 2.35. The molecule has 18 heavy (non-hydrogen) atoms. The number of carbonyl (C=O) groups is 1. The van der Waals surface area contributed by atoms with E-state index >= 15 is 0 Å². The van der Waals surface area contributed by atoms with Crippen LogP contribution in [0, 0.1) is 5.41 Å². The van der Waals surface area contributed by atoms with Crippen LogP contribution in [0.1, 0.15) is 54.4 Å². The minimum Gasteiger partial charge on any atom is -0.337 e. The molecule has 2 heterocycles. The van der Waals surface area contributed by atoms with Gasteiger partial charge in [-0.1, -0.05) is 20.8 Å². The smallest absolute Gasteiger partial charge is 0.240 e. The molecule has 3 nitrogen and oxygen atoms in total. The molecule has 0 saturated carbocycles. The summed E-state index contributed by atoms with van der Waals surface area (Å²) < 4.78 is 0.